The van der Waals surface area contributed by atoms with Gasteiger partial charge in [-0.05, 0) is 31.6 Å². The number of nitrogens with two attached hydrogens (primary N) is 1. The smallest absolute Gasteiger partial charge is 0.225 e. The maximum absolute atomic E-state index is 12.3. The van der Waals surface area contributed by atoms with Gasteiger partial charge < -0.3 is 10.6 Å². The second-order valence-corrected chi connectivity index (χ2v) is 6.00. The Kier molecular flexibility index (Phi) is 4.43. The zero-order chi connectivity index (χ0) is 12.3. The Balaban J connectivity index is 1.77. The van der Waals surface area contributed by atoms with Gasteiger partial charge in [0.15, 0.2) is 0 Å². The minimum absolute atomic E-state index is 0.302. The van der Waals surface area contributed by atoms with E-state index in [1.807, 2.05) is 11.9 Å². The Bertz CT molecular complexity index is 253. The van der Waals surface area contributed by atoms with Crippen molar-refractivity contribution in [2.24, 2.45) is 17.6 Å². The number of carbonyl (C=O) groups is 1. The Morgan fingerprint density at radius 1 is 1.18 bits per heavy atom. The summed E-state index contributed by atoms with van der Waals surface area (Å²) in [6, 6.07) is 0.390. The minimum Gasteiger partial charge on any atom is -0.345 e. The van der Waals surface area contributed by atoms with Gasteiger partial charge >= 0.3 is 0 Å². The van der Waals surface area contributed by atoms with Crippen LogP contribution in [0.25, 0.3) is 0 Å². The van der Waals surface area contributed by atoms with Crippen molar-refractivity contribution in [3.05, 3.63) is 0 Å². The van der Waals surface area contributed by atoms with Crippen LogP contribution in [0, 0.1) is 11.8 Å². The van der Waals surface area contributed by atoms with Crippen LogP contribution in [0.3, 0.4) is 0 Å². The Hall–Kier alpha value is -0.570. The van der Waals surface area contributed by atoms with Gasteiger partial charge in [0.2, 0.25) is 5.91 Å². The van der Waals surface area contributed by atoms with Gasteiger partial charge in [-0.25, -0.2) is 0 Å². The van der Waals surface area contributed by atoms with E-state index in [1.54, 1.807) is 0 Å². The van der Waals surface area contributed by atoms with E-state index in [9.17, 15) is 4.79 Å². The van der Waals surface area contributed by atoms with Gasteiger partial charge in [0.05, 0.1) is 0 Å². The van der Waals surface area contributed by atoms with Crippen LogP contribution in [0.4, 0.5) is 0 Å². The molecular formula is C14H26N2O. The highest BCUT2D eigenvalue weighted by Crippen LogP contribution is 2.28. The summed E-state index contributed by atoms with van der Waals surface area (Å²) in [4.78, 5) is 14.3. The molecule has 0 bridgehead atoms. The molecule has 3 nitrogen and oxygen atoms in total. The standard InChI is InChI=1S/C14H26N2O/c1-16(10-11-8-13(15)9-11)14(17)12-6-4-2-3-5-7-12/h11-13H,2-10,15H2,1H3. The van der Waals surface area contributed by atoms with Crippen molar-refractivity contribution in [3.63, 3.8) is 0 Å². The topological polar surface area (TPSA) is 46.3 Å². The highest BCUT2D eigenvalue weighted by Gasteiger charge is 2.30. The summed E-state index contributed by atoms with van der Waals surface area (Å²) >= 11 is 0. The second kappa shape index (κ2) is 5.85. The average molecular weight is 238 g/mol. The van der Waals surface area contributed by atoms with Gasteiger partial charge in [0.1, 0.15) is 0 Å². The first kappa shape index (κ1) is 12.9. The van der Waals surface area contributed by atoms with Crippen LogP contribution in [0.5, 0.6) is 0 Å². The predicted molar refractivity (Wildman–Crippen MR) is 69.5 cm³/mol. The molecule has 17 heavy (non-hydrogen) atoms. The average Bonchev–Trinajstić information content (AvgIpc) is 2.54. The van der Waals surface area contributed by atoms with E-state index in [4.69, 9.17) is 5.73 Å². The fourth-order valence-corrected chi connectivity index (χ4v) is 3.25. The molecule has 2 saturated carbocycles. The number of amides is 1. The largest absolute Gasteiger partial charge is 0.345 e. The van der Waals surface area contributed by atoms with Gasteiger partial charge in [0.25, 0.3) is 0 Å². The fourth-order valence-electron chi connectivity index (χ4n) is 3.25. The lowest BCUT2D eigenvalue weighted by molar-refractivity contribution is -0.135. The highest BCUT2D eigenvalue weighted by molar-refractivity contribution is 5.78. The van der Waals surface area contributed by atoms with E-state index in [1.165, 1.54) is 25.7 Å². The van der Waals surface area contributed by atoms with Crippen LogP contribution in [0.1, 0.15) is 51.4 Å². The van der Waals surface area contributed by atoms with E-state index in [0.717, 1.165) is 32.2 Å². The summed E-state index contributed by atoms with van der Waals surface area (Å²) in [6.07, 6.45) is 9.50. The molecule has 0 atom stereocenters. The summed E-state index contributed by atoms with van der Waals surface area (Å²) in [6.45, 7) is 0.920. The number of rotatable bonds is 3. The first-order valence-electron chi connectivity index (χ1n) is 7.17. The number of nitrogens with zero attached hydrogens (tertiary/aromatic N) is 1. The van der Waals surface area contributed by atoms with Gasteiger partial charge in [0, 0.05) is 25.6 Å². The monoisotopic (exact) mass is 238 g/mol. The molecule has 0 heterocycles. The van der Waals surface area contributed by atoms with Crippen LogP contribution >= 0.6 is 0 Å². The molecule has 0 aliphatic heterocycles. The van der Waals surface area contributed by atoms with Crippen LogP contribution < -0.4 is 5.73 Å². The Morgan fingerprint density at radius 3 is 2.29 bits per heavy atom. The third-order valence-corrected chi connectivity index (χ3v) is 4.38. The number of hydrogen-bond acceptors (Lipinski definition) is 2. The molecule has 98 valence electrons. The molecule has 0 saturated heterocycles. The maximum atomic E-state index is 12.3. The second-order valence-electron chi connectivity index (χ2n) is 6.00. The molecule has 0 unspecified atom stereocenters. The zero-order valence-electron chi connectivity index (χ0n) is 11.0. The highest BCUT2D eigenvalue weighted by atomic mass is 16.2. The molecule has 0 radical (unpaired) electrons. The first-order chi connectivity index (χ1) is 8.16. The van der Waals surface area contributed by atoms with Gasteiger partial charge in [-0.2, -0.15) is 0 Å². The van der Waals surface area contributed by atoms with Gasteiger partial charge in [-0.15, -0.1) is 0 Å². The SMILES string of the molecule is CN(CC1CC(N)C1)C(=O)C1CCCCCC1. The quantitative estimate of drug-likeness (QED) is 0.766. The molecule has 2 aliphatic rings. The maximum Gasteiger partial charge on any atom is 0.225 e. The van der Waals surface area contributed by atoms with E-state index in [0.29, 0.717) is 23.8 Å². The van der Waals surface area contributed by atoms with Gasteiger partial charge in [-0.1, -0.05) is 25.7 Å². The molecule has 2 aliphatic carbocycles. The molecule has 0 aromatic rings. The third kappa shape index (κ3) is 3.44. The molecule has 0 aromatic heterocycles. The summed E-state index contributed by atoms with van der Waals surface area (Å²) in [7, 11) is 1.97. The Morgan fingerprint density at radius 2 is 1.76 bits per heavy atom. The summed E-state index contributed by atoms with van der Waals surface area (Å²) < 4.78 is 0. The van der Waals surface area contributed by atoms with Crippen molar-refractivity contribution in [2.45, 2.75) is 57.4 Å². The summed E-state index contributed by atoms with van der Waals surface area (Å²) in [5.41, 5.74) is 5.78. The predicted octanol–water partition coefficient (Wildman–Crippen LogP) is 2.15. The van der Waals surface area contributed by atoms with Crippen molar-refractivity contribution in [1.29, 1.82) is 0 Å². The van der Waals surface area contributed by atoms with Crippen molar-refractivity contribution < 1.29 is 4.79 Å². The van der Waals surface area contributed by atoms with Crippen LogP contribution in [-0.2, 0) is 4.79 Å². The van der Waals surface area contributed by atoms with Crippen LogP contribution in [-0.4, -0.2) is 30.4 Å². The molecule has 2 rings (SSSR count). The Labute approximate surface area is 105 Å². The van der Waals surface area contributed by atoms with Gasteiger partial charge in [-0.3, -0.25) is 4.79 Å². The van der Waals surface area contributed by atoms with E-state index < -0.39 is 0 Å². The van der Waals surface area contributed by atoms with E-state index >= 15 is 0 Å². The third-order valence-electron chi connectivity index (χ3n) is 4.38. The summed E-state index contributed by atoms with van der Waals surface area (Å²) in [5.74, 6) is 1.34. The molecule has 0 spiro atoms. The minimum atomic E-state index is 0.302. The molecule has 1 amide bonds. The van der Waals surface area contributed by atoms with Crippen molar-refractivity contribution in [3.8, 4) is 0 Å². The lowest BCUT2D eigenvalue weighted by Gasteiger charge is -2.36. The molecule has 2 N–H and O–H groups in total. The lowest BCUT2D eigenvalue weighted by atomic mass is 9.80. The number of carbonyl (C=O) groups excluding carboxylic acids is 1. The first-order valence-corrected chi connectivity index (χ1v) is 7.17. The van der Waals surface area contributed by atoms with Crippen LogP contribution in [0.2, 0.25) is 0 Å². The molecular weight excluding hydrogens is 212 g/mol. The fraction of sp³-hybridized carbons (Fsp3) is 0.929. The molecule has 0 aromatic carbocycles. The van der Waals surface area contributed by atoms with Crippen molar-refractivity contribution >= 4 is 5.91 Å². The number of hydrogen-bond donors (Lipinski definition) is 1. The van der Waals surface area contributed by atoms with Crippen molar-refractivity contribution in [1.82, 2.24) is 4.90 Å². The molecule has 2 fully saturated rings. The lowest BCUT2D eigenvalue weighted by Crippen LogP contribution is -2.44. The van der Waals surface area contributed by atoms with Crippen molar-refractivity contribution in [2.75, 3.05) is 13.6 Å². The van der Waals surface area contributed by atoms with Crippen LogP contribution in [0.15, 0.2) is 0 Å². The zero-order valence-corrected chi connectivity index (χ0v) is 11.0. The van der Waals surface area contributed by atoms with E-state index in [2.05, 4.69) is 0 Å². The van der Waals surface area contributed by atoms with E-state index in [-0.39, 0.29) is 0 Å². The summed E-state index contributed by atoms with van der Waals surface area (Å²) in [5, 5.41) is 0. The molecule has 3 heteroatoms. The normalized spacial score (nSPS) is 30.5.